The van der Waals surface area contributed by atoms with Crippen LogP contribution in [0.25, 0.3) is 10.8 Å². The predicted octanol–water partition coefficient (Wildman–Crippen LogP) is 3.60. The van der Waals surface area contributed by atoms with Crippen LogP contribution in [0, 0.1) is 5.92 Å². The van der Waals surface area contributed by atoms with Crippen molar-refractivity contribution in [1.82, 2.24) is 15.1 Å². The molecule has 0 unspecified atom stereocenters. The van der Waals surface area contributed by atoms with Crippen molar-refractivity contribution in [2.75, 3.05) is 13.1 Å². The molecule has 6 nitrogen and oxygen atoms in total. The van der Waals surface area contributed by atoms with Crippen LogP contribution in [0.1, 0.15) is 62.2 Å². The van der Waals surface area contributed by atoms with Gasteiger partial charge in [-0.1, -0.05) is 30.3 Å². The van der Waals surface area contributed by atoms with Crippen molar-refractivity contribution in [3.05, 3.63) is 64.5 Å². The van der Waals surface area contributed by atoms with E-state index < -0.39 is 0 Å². The first-order valence-corrected chi connectivity index (χ1v) is 10.5. The Morgan fingerprint density at radius 1 is 1.10 bits per heavy atom. The lowest BCUT2D eigenvalue weighted by Gasteiger charge is -2.32. The molecule has 2 aromatic carbocycles. The van der Waals surface area contributed by atoms with E-state index in [9.17, 15) is 14.4 Å². The van der Waals surface area contributed by atoms with Gasteiger partial charge in [-0.05, 0) is 53.6 Å². The topological polar surface area (TPSA) is 83.1 Å². The van der Waals surface area contributed by atoms with E-state index in [1.807, 2.05) is 18.2 Å². The van der Waals surface area contributed by atoms with E-state index in [4.69, 9.17) is 0 Å². The number of aromatic amines is 1. The van der Waals surface area contributed by atoms with Gasteiger partial charge in [-0.3, -0.25) is 19.5 Å². The van der Waals surface area contributed by atoms with Crippen LogP contribution in [0.2, 0.25) is 0 Å². The fourth-order valence-electron chi connectivity index (χ4n) is 4.84. The second kappa shape index (κ2) is 7.20. The molecule has 152 valence electrons. The molecule has 30 heavy (non-hydrogen) atoms. The fraction of sp³-hybridized carbons (Fsp3) is 0.333. The van der Waals surface area contributed by atoms with Crippen LogP contribution in [0.15, 0.2) is 36.4 Å². The standard InChI is InChI=1S/C24H23N3O3/c1-14(28)20-12-21(26-25-20)24(30)27-11-3-5-17(13-27)23(29)19-10-9-16-8-7-15-4-2-6-18(19)22(15)16/h2,4,6,9-10,12,17H,3,5,7-8,11,13H2,1H3,(H,25,26)/t17-/m1/s1. The number of rotatable bonds is 4. The number of nitrogens with zero attached hydrogens (tertiary/aromatic N) is 2. The van der Waals surface area contributed by atoms with Crippen LogP contribution in [-0.4, -0.2) is 45.7 Å². The molecule has 5 rings (SSSR count). The van der Waals surface area contributed by atoms with Gasteiger partial charge in [-0.25, -0.2) is 0 Å². The molecule has 0 saturated carbocycles. The molecule has 1 fully saturated rings. The minimum absolute atomic E-state index is 0.108. The molecule has 0 spiro atoms. The van der Waals surface area contributed by atoms with E-state index >= 15 is 0 Å². The Morgan fingerprint density at radius 2 is 1.90 bits per heavy atom. The molecule has 6 heteroatoms. The summed E-state index contributed by atoms with van der Waals surface area (Å²) in [5.74, 6) is -0.523. The van der Waals surface area contributed by atoms with E-state index in [1.54, 1.807) is 4.90 Å². The van der Waals surface area contributed by atoms with Gasteiger partial charge in [0, 0.05) is 31.5 Å². The highest BCUT2D eigenvalue weighted by Gasteiger charge is 2.31. The maximum atomic E-state index is 13.5. The van der Waals surface area contributed by atoms with Gasteiger partial charge in [0.05, 0.1) is 0 Å². The van der Waals surface area contributed by atoms with E-state index in [-0.39, 0.29) is 29.1 Å². The van der Waals surface area contributed by atoms with Gasteiger partial charge in [0.1, 0.15) is 11.4 Å². The van der Waals surface area contributed by atoms with E-state index in [1.165, 1.54) is 29.5 Å². The quantitative estimate of drug-likeness (QED) is 0.677. The normalized spacial score (nSPS) is 18.0. The predicted molar refractivity (Wildman–Crippen MR) is 113 cm³/mol. The summed E-state index contributed by atoms with van der Waals surface area (Å²) < 4.78 is 0. The lowest BCUT2D eigenvalue weighted by molar-refractivity contribution is 0.0632. The molecule has 1 amide bonds. The number of ketones is 2. The van der Waals surface area contributed by atoms with Crippen molar-refractivity contribution in [2.24, 2.45) is 5.92 Å². The lowest BCUT2D eigenvalue weighted by atomic mass is 9.87. The third-order valence-electron chi connectivity index (χ3n) is 6.39. The van der Waals surface area contributed by atoms with Crippen LogP contribution in [0.5, 0.6) is 0 Å². The highest BCUT2D eigenvalue weighted by molar-refractivity contribution is 6.11. The highest BCUT2D eigenvalue weighted by Crippen LogP contribution is 2.34. The lowest BCUT2D eigenvalue weighted by Crippen LogP contribution is -2.42. The van der Waals surface area contributed by atoms with Crippen molar-refractivity contribution in [2.45, 2.75) is 32.6 Å². The second-order valence-corrected chi connectivity index (χ2v) is 8.29. The number of nitrogens with one attached hydrogen (secondary N) is 1. The maximum Gasteiger partial charge on any atom is 0.271 e. The molecule has 1 saturated heterocycles. The van der Waals surface area contributed by atoms with Crippen molar-refractivity contribution < 1.29 is 14.4 Å². The molecule has 1 N–H and O–H groups in total. The van der Waals surface area contributed by atoms with Crippen LogP contribution in [0.4, 0.5) is 0 Å². The van der Waals surface area contributed by atoms with E-state index in [0.29, 0.717) is 18.8 Å². The molecular formula is C24H23N3O3. The molecule has 3 aromatic rings. The summed E-state index contributed by atoms with van der Waals surface area (Å²) in [6, 6.07) is 11.8. The number of piperidine rings is 1. The van der Waals surface area contributed by atoms with Gasteiger partial charge in [0.2, 0.25) is 0 Å². The number of aryl methyl sites for hydroxylation is 2. The molecule has 1 aromatic heterocycles. The van der Waals surface area contributed by atoms with Crippen LogP contribution in [0.3, 0.4) is 0 Å². The maximum absolute atomic E-state index is 13.5. The number of carbonyl (C=O) groups is 3. The number of benzene rings is 2. The van der Waals surface area contributed by atoms with Crippen molar-refractivity contribution in [1.29, 1.82) is 0 Å². The first-order valence-electron chi connectivity index (χ1n) is 10.5. The van der Waals surface area contributed by atoms with Gasteiger partial charge >= 0.3 is 0 Å². The first-order chi connectivity index (χ1) is 14.5. The number of likely N-dealkylation sites (tertiary alicyclic amines) is 1. The summed E-state index contributed by atoms with van der Waals surface area (Å²) in [5, 5.41) is 8.83. The first kappa shape index (κ1) is 18.7. The monoisotopic (exact) mass is 401 g/mol. The highest BCUT2D eigenvalue weighted by atomic mass is 16.2. The second-order valence-electron chi connectivity index (χ2n) is 8.29. The van der Waals surface area contributed by atoms with Crippen molar-refractivity contribution in [3.8, 4) is 0 Å². The van der Waals surface area contributed by atoms with E-state index in [2.05, 4.69) is 22.3 Å². The minimum atomic E-state index is -0.226. The summed E-state index contributed by atoms with van der Waals surface area (Å²) in [6.07, 6.45) is 3.61. The molecular weight excluding hydrogens is 378 g/mol. The Hall–Kier alpha value is -3.28. The summed E-state index contributed by atoms with van der Waals surface area (Å²) >= 11 is 0. The molecule has 0 radical (unpaired) electrons. The number of carbonyl (C=O) groups excluding carboxylic acids is 3. The smallest absolute Gasteiger partial charge is 0.271 e. The average molecular weight is 401 g/mol. The Balaban J connectivity index is 1.40. The summed E-state index contributed by atoms with van der Waals surface area (Å²) in [7, 11) is 0. The van der Waals surface area contributed by atoms with E-state index in [0.717, 1.165) is 36.6 Å². The largest absolute Gasteiger partial charge is 0.337 e. The third-order valence-corrected chi connectivity index (χ3v) is 6.39. The number of aromatic nitrogens is 2. The summed E-state index contributed by atoms with van der Waals surface area (Å²) in [4.78, 5) is 39.5. The zero-order valence-corrected chi connectivity index (χ0v) is 16.9. The van der Waals surface area contributed by atoms with Gasteiger partial charge < -0.3 is 4.90 Å². The molecule has 2 aliphatic rings. The molecule has 1 atom stereocenters. The van der Waals surface area contributed by atoms with Crippen molar-refractivity contribution in [3.63, 3.8) is 0 Å². The number of amides is 1. The molecule has 1 aliphatic carbocycles. The number of hydrogen-bond donors (Lipinski definition) is 1. The minimum Gasteiger partial charge on any atom is -0.337 e. The van der Waals surface area contributed by atoms with Gasteiger partial charge in [-0.2, -0.15) is 5.10 Å². The Labute approximate surface area is 174 Å². The van der Waals surface area contributed by atoms with Crippen molar-refractivity contribution >= 4 is 28.2 Å². The summed E-state index contributed by atoms with van der Waals surface area (Å²) in [6.45, 7) is 2.40. The van der Waals surface area contributed by atoms with Gasteiger partial charge in [0.15, 0.2) is 11.6 Å². The van der Waals surface area contributed by atoms with Crippen LogP contribution < -0.4 is 0 Å². The van der Waals surface area contributed by atoms with Gasteiger partial charge in [0.25, 0.3) is 5.91 Å². The average Bonchev–Trinajstić information content (AvgIpc) is 3.42. The molecule has 1 aliphatic heterocycles. The van der Waals surface area contributed by atoms with Crippen LogP contribution in [-0.2, 0) is 12.8 Å². The molecule has 2 heterocycles. The zero-order chi connectivity index (χ0) is 20.8. The number of H-pyrrole nitrogens is 1. The molecule has 0 bridgehead atoms. The number of hydrogen-bond acceptors (Lipinski definition) is 4. The third kappa shape index (κ3) is 3.03. The fourth-order valence-corrected chi connectivity index (χ4v) is 4.84. The van der Waals surface area contributed by atoms with Gasteiger partial charge in [-0.15, -0.1) is 0 Å². The zero-order valence-electron chi connectivity index (χ0n) is 16.9. The Kier molecular flexibility index (Phi) is 4.50. The Morgan fingerprint density at radius 3 is 2.67 bits per heavy atom. The van der Waals surface area contributed by atoms with Crippen LogP contribution >= 0.6 is 0 Å². The number of Topliss-reactive ketones (excluding diaryl/α,β-unsaturated/α-hetero) is 2. The SMILES string of the molecule is CC(=O)c1cc(C(=O)N2CCC[C@@H](C(=O)c3ccc4c5c(cccc35)CC4)C2)[nH]n1. The Bertz CT molecular complexity index is 1180. The summed E-state index contributed by atoms with van der Waals surface area (Å²) in [5.41, 5.74) is 3.93.